The van der Waals surface area contributed by atoms with Gasteiger partial charge in [0.25, 0.3) is 0 Å². The standard InChI is InChI=1S/C18H22IN3/c1-4-14-8-7-9-15(12-14)22(13(2)3)18(20)21-17-11-6-5-10-16(17)19/h5-13H,4H2,1-3H3,(H2,20,21). The highest BCUT2D eigenvalue weighted by molar-refractivity contribution is 14.1. The Labute approximate surface area is 146 Å². The molecule has 0 saturated heterocycles. The SMILES string of the molecule is CCc1cccc(N(C(=N)Nc2ccccc2I)C(C)C)c1. The summed E-state index contributed by atoms with van der Waals surface area (Å²) in [5.41, 5.74) is 3.30. The van der Waals surface area contributed by atoms with Crippen molar-refractivity contribution in [3.05, 3.63) is 57.7 Å². The number of nitrogens with zero attached hydrogens (tertiary/aromatic N) is 1. The van der Waals surface area contributed by atoms with E-state index in [4.69, 9.17) is 5.41 Å². The van der Waals surface area contributed by atoms with Crippen molar-refractivity contribution in [3.63, 3.8) is 0 Å². The molecule has 0 aliphatic rings. The summed E-state index contributed by atoms with van der Waals surface area (Å²) in [4.78, 5) is 2.02. The number of para-hydroxylation sites is 1. The molecule has 0 aliphatic carbocycles. The topological polar surface area (TPSA) is 39.1 Å². The average molecular weight is 407 g/mol. The molecule has 2 rings (SSSR count). The fourth-order valence-corrected chi connectivity index (χ4v) is 2.88. The van der Waals surface area contributed by atoms with E-state index in [1.54, 1.807) is 0 Å². The second-order valence-electron chi connectivity index (χ2n) is 5.44. The van der Waals surface area contributed by atoms with Crippen molar-refractivity contribution < 1.29 is 0 Å². The highest BCUT2D eigenvalue weighted by Crippen LogP contribution is 2.22. The van der Waals surface area contributed by atoms with E-state index in [-0.39, 0.29) is 6.04 Å². The third kappa shape index (κ3) is 4.00. The minimum Gasteiger partial charge on any atom is -0.325 e. The second kappa shape index (κ2) is 7.63. The van der Waals surface area contributed by atoms with Gasteiger partial charge in [0.2, 0.25) is 0 Å². The highest BCUT2D eigenvalue weighted by atomic mass is 127. The molecule has 3 nitrogen and oxygen atoms in total. The van der Waals surface area contributed by atoms with Gasteiger partial charge in [0, 0.05) is 15.3 Å². The van der Waals surface area contributed by atoms with Crippen LogP contribution >= 0.6 is 22.6 Å². The Morgan fingerprint density at radius 2 is 1.91 bits per heavy atom. The van der Waals surface area contributed by atoms with Gasteiger partial charge >= 0.3 is 0 Å². The van der Waals surface area contributed by atoms with Gasteiger partial charge < -0.3 is 10.2 Å². The Morgan fingerprint density at radius 3 is 2.55 bits per heavy atom. The van der Waals surface area contributed by atoms with E-state index in [0.717, 1.165) is 21.4 Å². The van der Waals surface area contributed by atoms with Gasteiger partial charge in [-0.3, -0.25) is 5.41 Å². The van der Waals surface area contributed by atoms with Gasteiger partial charge in [0.1, 0.15) is 0 Å². The molecule has 0 atom stereocenters. The van der Waals surface area contributed by atoms with E-state index in [1.165, 1.54) is 5.56 Å². The summed E-state index contributed by atoms with van der Waals surface area (Å²) in [6.45, 7) is 6.35. The van der Waals surface area contributed by atoms with Gasteiger partial charge in [-0.15, -0.1) is 0 Å². The van der Waals surface area contributed by atoms with Gasteiger partial charge in [0.05, 0.1) is 5.69 Å². The fourth-order valence-electron chi connectivity index (χ4n) is 2.36. The Bertz CT molecular complexity index is 652. The first-order valence-corrected chi connectivity index (χ1v) is 8.59. The predicted molar refractivity (Wildman–Crippen MR) is 104 cm³/mol. The molecule has 0 fully saturated rings. The van der Waals surface area contributed by atoms with Crippen LogP contribution in [-0.2, 0) is 6.42 Å². The second-order valence-corrected chi connectivity index (χ2v) is 6.60. The normalized spacial score (nSPS) is 10.6. The molecular formula is C18H22IN3. The fraction of sp³-hybridized carbons (Fsp3) is 0.278. The summed E-state index contributed by atoms with van der Waals surface area (Å²) in [6.07, 6.45) is 0.997. The number of rotatable bonds is 4. The lowest BCUT2D eigenvalue weighted by Crippen LogP contribution is -2.41. The van der Waals surface area contributed by atoms with Gasteiger partial charge in [-0.25, -0.2) is 0 Å². The number of hydrogen-bond donors (Lipinski definition) is 2. The highest BCUT2D eigenvalue weighted by Gasteiger charge is 2.17. The maximum atomic E-state index is 8.49. The molecule has 2 aromatic rings. The number of nitrogens with one attached hydrogen (secondary N) is 2. The largest absolute Gasteiger partial charge is 0.325 e. The lowest BCUT2D eigenvalue weighted by Gasteiger charge is -2.30. The summed E-state index contributed by atoms with van der Waals surface area (Å²) in [6, 6.07) is 16.6. The quantitative estimate of drug-likeness (QED) is 0.420. The molecule has 4 heteroatoms. The van der Waals surface area contributed by atoms with Gasteiger partial charge in [-0.05, 0) is 72.7 Å². The van der Waals surface area contributed by atoms with E-state index < -0.39 is 0 Å². The predicted octanol–water partition coefficient (Wildman–Crippen LogP) is 5.12. The third-order valence-electron chi connectivity index (χ3n) is 3.48. The number of hydrogen-bond acceptors (Lipinski definition) is 1. The molecule has 0 bridgehead atoms. The molecule has 0 heterocycles. The van der Waals surface area contributed by atoms with Crippen LogP contribution in [0.3, 0.4) is 0 Å². The van der Waals surface area contributed by atoms with Crippen molar-refractivity contribution in [1.82, 2.24) is 0 Å². The third-order valence-corrected chi connectivity index (χ3v) is 4.42. The monoisotopic (exact) mass is 407 g/mol. The first kappa shape index (κ1) is 16.8. The van der Waals surface area contributed by atoms with E-state index in [9.17, 15) is 0 Å². The van der Waals surface area contributed by atoms with Crippen LogP contribution in [0.15, 0.2) is 48.5 Å². The van der Waals surface area contributed by atoms with Crippen molar-refractivity contribution in [2.45, 2.75) is 33.2 Å². The lowest BCUT2D eigenvalue weighted by atomic mass is 10.1. The van der Waals surface area contributed by atoms with Crippen LogP contribution in [0.2, 0.25) is 0 Å². The molecule has 2 aromatic carbocycles. The van der Waals surface area contributed by atoms with Crippen LogP contribution in [0.5, 0.6) is 0 Å². The Morgan fingerprint density at radius 1 is 1.18 bits per heavy atom. The molecule has 116 valence electrons. The summed E-state index contributed by atoms with van der Waals surface area (Å²) in [5.74, 6) is 0.396. The number of halogens is 1. The minimum absolute atomic E-state index is 0.202. The number of guanidine groups is 1. The van der Waals surface area contributed by atoms with Crippen molar-refractivity contribution in [2.75, 3.05) is 10.2 Å². The molecule has 2 N–H and O–H groups in total. The molecule has 0 aromatic heterocycles. The molecule has 22 heavy (non-hydrogen) atoms. The van der Waals surface area contributed by atoms with Crippen LogP contribution in [0, 0.1) is 8.98 Å². The van der Waals surface area contributed by atoms with Crippen LogP contribution in [0.4, 0.5) is 11.4 Å². The Balaban J connectivity index is 2.27. The number of benzene rings is 2. The molecule has 0 aliphatic heterocycles. The summed E-state index contributed by atoms with van der Waals surface area (Å²) in [5, 5.41) is 11.7. The molecule has 0 radical (unpaired) electrons. The molecular weight excluding hydrogens is 385 g/mol. The first-order chi connectivity index (χ1) is 10.5. The molecule has 0 saturated carbocycles. The minimum atomic E-state index is 0.202. The van der Waals surface area contributed by atoms with E-state index in [1.807, 2.05) is 29.2 Å². The molecule has 0 spiro atoms. The summed E-state index contributed by atoms with van der Waals surface area (Å²) >= 11 is 2.28. The van der Waals surface area contributed by atoms with E-state index in [0.29, 0.717) is 5.96 Å². The molecule has 0 unspecified atom stereocenters. The van der Waals surface area contributed by atoms with Crippen LogP contribution in [0.25, 0.3) is 0 Å². The van der Waals surface area contributed by atoms with Gasteiger partial charge in [0.15, 0.2) is 5.96 Å². The zero-order valence-electron chi connectivity index (χ0n) is 13.2. The van der Waals surface area contributed by atoms with Crippen LogP contribution in [0.1, 0.15) is 26.3 Å². The Hall–Kier alpha value is -1.56. The van der Waals surface area contributed by atoms with E-state index >= 15 is 0 Å². The Kier molecular flexibility index (Phi) is 5.83. The van der Waals surface area contributed by atoms with Crippen molar-refractivity contribution >= 4 is 39.9 Å². The van der Waals surface area contributed by atoms with Crippen molar-refractivity contribution in [1.29, 1.82) is 5.41 Å². The van der Waals surface area contributed by atoms with Gasteiger partial charge in [-0.2, -0.15) is 0 Å². The van der Waals surface area contributed by atoms with Crippen molar-refractivity contribution in [3.8, 4) is 0 Å². The number of anilines is 2. The van der Waals surface area contributed by atoms with Gasteiger partial charge in [-0.1, -0.05) is 31.2 Å². The summed E-state index contributed by atoms with van der Waals surface area (Å²) in [7, 11) is 0. The zero-order valence-corrected chi connectivity index (χ0v) is 15.4. The summed E-state index contributed by atoms with van der Waals surface area (Å²) < 4.78 is 1.11. The average Bonchev–Trinajstić information content (AvgIpc) is 2.49. The van der Waals surface area contributed by atoms with E-state index in [2.05, 4.69) is 72.9 Å². The van der Waals surface area contributed by atoms with Crippen LogP contribution < -0.4 is 10.2 Å². The maximum Gasteiger partial charge on any atom is 0.200 e. The first-order valence-electron chi connectivity index (χ1n) is 7.51. The molecule has 0 amide bonds. The van der Waals surface area contributed by atoms with Crippen LogP contribution in [-0.4, -0.2) is 12.0 Å². The number of aryl methyl sites for hydroxylation is 1. The smallest absolute Gasteiger partial charge is 0.200 e. The zero-order chi connectivity index (χ0) is 16.1. The maximum absolute atomic E-state index is 8.49. The van der Waals surface area contributed by atoms with Crippen molar-refractivity contribution in [2.24, 2.45) is 0 Å². The lowest BCUT2D eigenvalue weighted by molar-refractivity contribution is 0.801.